The molecule has 0 aromatic heterocycles. The number of benzene rings is 1. The lowest BCUT2D eigenvalue weighted by molar-refractivity contribution is 0.311. The lowest BCUT2D eigenvalue weighted by Crippen LogP contribution is -2.40. The van der Waals surface area contributed by atoms with Gasteiger partial charge < -0.3 is 5.32 Å². The topological polar surface area (TPSA) is 15.3 Å². The molecule has 1 aromatic rings. The van der Waals surface area contributed by atoms with Crippen LogP contribution in [0.5, 0.6) is 0 Å². The normalized spacial score (nSPS) is 28.3. The van der Waals surface area contributed by atoms with E-state index in [1.165, 1.54) is 18.4 Å². The number of halogens is 1. The molecule has 1 aromatic carbocycles. The van der Waals surface area contributed by atoms with Crippen LogP contribution < -0.4 is 5.32 Å². The molecule has 2 atom stereocenters. The second-order valence-corrected chi connectivity index (χ2v) is 5.73. The van der Waals surface area contributed by atoms with Crippen molar-refractivity contribution in [3.63, 3.8) is 0 Å². The van der Waals surface area contributed by atoms with Crippen LogP contribution in [0.3, 0.4) is 0 Å². The van der Waals surface area contributed by atoms with Gasteiger partial charge in [-0.1, -0.05) is 6.07 Å². The lowest BCUT2D eigenvalue weighted by atomic mass is 9.94. The number of fused-ring (bicyclic) bond motifs is 1. The molecule has 3 heteroatoms. The van der Waals surface area contributed by atoms with Gasteiger partial charge >= 0.3 is 0 Å². The highest BCUT2D eigenvalue weighted by molar-refractivity contribution is 5.26. The molecule has 3 rings (SSSR count). The van der Waals surface area contributed by atoms with Crippen LogP contribution in [0, 0.1) is 18.7 Å². The molecule has 0 saturated carbocycles. The predicted molar refractivity (Wildman–Crippen MR) is 70.9 cm³/mol. The van der Waals surface area contributed by atoms with Crippen LogP contribution >= 0.6 is 0 Å². The van der Waals surface area contributed by atoms with Gasteiger partial charge in [0.15, 0.2) is 0 Å². The van der Waals surface area contributed by atoms with Gasteiger partial charge in [0.05, 0.1) is 0 Å². The SMILES string of the molecule is Cc1ccc(F)cc1CN1C[C@@H]2CCCN[C@@H]2C1. The zero-order valence-electron chi connectivity index (χ0n) is 11.0. The van der Waals surface area contributed by atoms with Gasteiger partial charge in [0, 0.05) is 25.7 Å². The zero-order chi connectivity index (χ0) is 12.5. The fourth-order valence-corrected chi connectivity index (χ4v) is 3.32. The summed E-state index contributed by atoms with van der Waals surface area (Å²) >= 11 is 0. The molecule has 98 valence electrons. The molecule has 0 bridgehead atoms. The Bertz CT molecular complexity index is 419. The number of hydrogen-bond donors (Lipinski definition) is 1. The quantitative estimate of drug-likeness (QED) is 0.864. The van der Waals surface area contributed by atoms with Gasteiger partial charge in [0.25, 0.3) is 0 Å². The molecule has 2 saturated heterocycles. The molecule has 2 aliphatic rings. The maximum Gasteiger partial charge on any atom is 0.123 e. The van der Waals surface area contributed by atoms with Crippen molar-refractivity contribution in [2.24, 2.45) is 5.92 Å². The Morgan fingerprint density at radius 1 is 1.39 bits per heavy atom. The first-order valence-corrected chi connectivity index (χ1v) is 6.93. The molecule has 2 aliphatic heterocycles. The summed E-state index contributed by atoms with van der Waals surface area (Å²) in [6.07, 6.45) is 2.64. The number of rotatable bonds is 2. The second-order valence-electron chi connectivity index (χ2n) is 5.73. The zero-order valence-corrected chi connectivity index (χ0v) is 11.0. The van der Waals surface area contributed by atoms with E-state index in [1.54, 1.807) is 12.1 Å². The monoisotopic (exact) mass is 248 g/mol. The van der Waals surface area contributed by atoms with Crippen molar-refractivity contribution < 1.29 is 4.39 Å². The third-order valence-electron chi connectivity index (χ3n) is 4.38. The molecular formula is C15H21FN2. The Morgan fingerprint density at radius 3 is 3.11 bits per heavy atom. The Morgan fingerprint density at radius 2 is 2.28 bits per heavy atom. The molecule has 1 N–H and O–H groups in total. The highest BCUT2D eigenvalue weighted by Crippen LogP contribution is 2.26. The maximum absolute atomic E-state index is 13.3. The predicted octanol–water partition coefficient (Wildman–Crippen LogP) is 2.32. The summed E-state index contributed by atoms with van der Waals surface area (Å²) in [4.78, 5) is 2.47. The summed E-state index contributed by atoms with van der Waals surface area (Å²) in [6, 6.07) is 5.77. The van der Waals surface area contributed by atoms with E-state index >= 15 is 0 Å². The van der Waals surface area contributed by atoms with Crippen LogP contribution in [0.2, 0.25) is 0 Å². The number of likely N-dealkylation sites (tertiary alicyclic amines) is 1. The van der Waals surface area contributed by atoms with Gasteiger partial charge in [-0.3, -0.25) is 4.90 Å². The van der Waals surface area contributed by atoms with Gasteiger partial charge in [-0.15, -0.1) is 0 Å². The summed E-state index contributed by atoms with van der Waals surface area (Å²) in [5.41, 5.74) is 2.33. The Labute approximate surface area is 108 Å². The Kier molecular flexibility index (Phi) is 3.35. The Balaban J connectivity index is 1.68. The summed E-state index contributed by atoms with van der Waals surface area (Å²) < 4.78 is 13.3. The van der Waals surface area contributed by atoms with E-state index in [0.717, 1.165) is 37.7 Å². The largest absolute Gasteiger partial charge is 0.312 e. The number of nitrogens with zero attached hydrogens (tertiary/aromatic N) is 1. The van der Waals surface area contributed by atoms with Gasteiger partial charge in [-0.25, -0.2) is 4.39 Å². The summed E-state index contributed by atoms with van der Waals surface area (Å²) in [7, 11) is 0. The van der Waals surface area contributed by atoms with Crippen molar-refractivity contribution in [2.45, 2.75) is 32.4 Å². The number of piperidine rings is 1. The van der Waals surface area contributed by atoms with E-state index in [4.69, 9.17) is 0 Å². The first-order chi connectivity index (χ1) is 8.72. The number of aryl methyl sites for hydroxylation is 1. The van der Waals surface area contributed by atoms with Gasteiger partial charge in [0.2, 0.25) is 0 Å². The fourth-order valence-electron chi connectivity index (χ4n) is 3.32. The third-order valence-corrected chi connectivity index (χ3v) is 4.38. The van der Waals surface area contributed by atoms with Crippen molar-refractivity contribution in [1.29, 1.82) is 0 Å². The minimum absolute atomic E-state index is 0.120. The van der Waals surface area contributed by atoms with E-state index in [2.05, 4.69) is 17.1 Å². The smallest absolute Gasteiger partial charge is 0.123 e. The first-order valence-electron chi connectivity index (χ1n) is 6.93. The molecule has 0 amide bonds. The molecular weight excluding hydrogens is 227 g/mol. The van der Waals surface area contributed by atoms with Crippen molar-refractivity contribution in [1.82, 2.24) is 10.2 Å². The molecule has 0 spiro atoms. The van der Waals surface area contributed by atoms with E-state index in [-0.39, 0.29) is 5.82 Å². The van der Waals surface area contributed by atoms with E-state index < -0.39 is 0 Å². The Hall–Kier alpha value is -0.930. The minimum Gasteiger partial charge on any atom is -0.312 e. The molecule has 0 unspecified atom stereocenters. The highest BCUT2D eigenvalue weighted by atomic mass is 19.1. The van der Waals surface area contributed by atoms with Crippen LogP contribution in [-0.2, 0) is 6.54 Å². The molecule has 0 aliphatic carbocycles. The van der Waals surface area contributed by atoms with E-state index in [0.29, 0.717) is 6.04 Å². The maximum atomic E-state index is 13.3. The van der Waals surface area contributed by atoms with Crippen molar-refractivity contribution in [3.8, 4) is 0 Å². The fraction of sp³-hybridized carbons (Fsp3) is 0.600. The van der Waals surface area contributed by atoms with Crippen LogP contribution in [0.15, 0.2) is 18.2 Å². The van der Waals surface area contributed by atoms with Gasteiger partial charge in [-0.2, -0.15) is 0 Å². The van der Waals surface area contributed by atoms with Crippen LogP contribution in [0.1, 0.15) is 24.0 Å². The summed E-state index contributed by atoms with van der Waals surface area (Å²) in [6.45, 7) is 6.39. The van der Waals surface area contributed by atoms with Crippen LogP contribution in [0.25, 0.3) is 0 Å². The average Bonchev–Trinajstić information content (AvgIpc) is 2.76. The van der Waals surface area contributed by atoms with Crippen molar-refractivity contribution in [3.05, 3.63) is 35.1 Å². The minimum atomic E-state index is -0.120. The van der Waals surface area contributed by atoms with Crippen molar-refractivity contribution in [2.75, 3.05) is 19.6 Å². The highest BCUT2D eigenvalue weighted by Gasteiger charge is 2.33. The molecule has 18 heavy (non-hydrogen) atoms. The summed E-state index contributed by atoms with van der Waals surface area (Å²) in [5, 5.41) is 3.61. The summed E-state index contributed by atoms with van der Waals surface area (Å²) in [5.74, 6) is 0.679. The third kappa shape index (κ3) is 2.43. The molecule has 0 radical (unpaired) electrons. The first kappa shape index (κ1) is 12.1. The molecule has 2 fully saturated rings. The van der Waals surface area contributed by atoms with E-state index in [9.17, 15) is 4.39 Å². The standard InChI is InChI=1S/C15H21FN2/c1-11-4-5-14(16)7-13(11)9-18-8-12-3-2-6-17-15(12)10-18/h4-5,7,12,15,17H,2-3,6,8-10H2,1H3/t12-,15+/m0/s1. The van der Waals surface area contributed by atoms with Crippen LogP contribution in [0.4, 0.5) is 4.39 Å². The number of nitrogens with one attached hydrogen (secondary N) is 1. The van der Waals surface area contributed by atoms with Gasteiger partial charge in [0.1, 0.15) is 5.82 Å². The second kappa shape index (κ2) is 4.98. The van der Waals surface area contributed by atoms with Gasteiger partial charge in [-0.05, 0) is 55.5 Å². The van der Waals surface area contributed by atoms with Crippen molar-refractivity contribution >= 4 is 0 Å². The van der Waals surface area contributed by atoms with E-state index in [1.807, 2.05) is 6.07 Å². The lowest BCUT2D eigenvalue weighted by Gasteiger charge is -2.24. The molecule has 2 heterocycles. The number of hydrogen-bond acceptors (Lipinski definition) is 2. The van der Waals surface area contributed by atoms with Crippen LogP contribution in [-0.4, -0.2) is 30.6 Å². The average molecular weight is 248 g/mol. The molecule has 2 nitrogen and oxygen atoms in total.